The zero-order chi connectivity index (χ0) is 15.4. The number of aromatic amines is 1. The highest BCUT2D eigenvalue weighted by atomic mass is 16.3. The summed E-state index contributed by atoms with van der Waals surface area (Å²) in [7, 11) is 0. The first kappa shape index (κ1) is 14.2. The highest BCUT2D eigenvalue weighted by molar-refractivity contribution is 5.91. The van der Waals surface area contributed by atoms with Crippen LogP contribution in [0.5, 0.6) is 0 Å². The van der Waals surface area contributed by atoms with Crippen molar-refractivity contribution in [2.45, 2.75) is 13.3 Å². The third-order valence-corrected chi connectivity index (χ3v) is 3.56. The Labute approximate surface area is 128 Å². The SMILES string of the molecule is Cc1ccc2[nH]cc(CCNC(=O)/C=C/c3ccco3)c2c1. The van der Waals surface area contributed by atoms with Crippen LogP contribution in [0.1, 0.15) is 16.9 Å². The largest absolute Gasteiger partial charge is 0.465 e. The van der Waals surface area contributed by atoms with Crippen molar-refractivity contribution < 1.29 is 9.21 Å². The first-order valence-corrected chi connectivity index (χ1v) is 7.28. The molecule has 0 saturated heterocycles. The van der Waals surface area contributed by atoms with Gasteiger partial charge in [-0.3, -0.25) is 4.79 Å². The number of amides is 1. The van der Waals surface area contributed by atoms with Crippen LogP contribution in [0.4, 0.5) is 0 Å². The lowest BCUT2D eigenvalue weighted by Crippen LogP contribution is -2.23. The van der Waals surface area contributed by atoms with Gasteiger partial charge < -0.3 is 14.7 Å². The number of nitrogens with one attached hydrogen (secondary N) is 2. The maximum atomic E-state index is 11.7. The molecule has 0 aliphatic carbocycles. The number of hydrogen-bond donors (Lipinski definition) is 2. The zero-order valence-electron chi connectivity index (χ0n) is 12.4. The van der Waals surface area contributed by atoms with Gasteiger partial charge in [0, 0.05) is 29.7 Å². The fraction of sp³-hybridized carbons (Fsp3) is 0.167. The average Bonchev–Trinajstić information content (AvgIpc) is 3.15. The quantitative estimate of drug-likeness (QED) is 0.708. The third-order valence-electron chi connectivity index (χ3n) is 3.56. The fourth-order valence-electron chi connectivity index (χ4n) is 2.42. The van der Waals surface area contributed by atoms with E-state index in [1.54, 1.807) is 24.5 Å². The Morgan fingerprint density at radius 3 is 3.09 bits per heavy atom. The number of aromatic nitrogens is 1. The number of aryl methyl sites for hydroxylation is 1. The van der Waals surface area contributed by atoms with Crippen LogP contribution in [0.25, 0.3) is 17.0 Å². The molecule has 4 nitrogen and oxygen atoms in total. The van der Waals surface area contributed by atoms with Gasteiger partial charge in [0.25, 0.3) is 0 Å². The van der Waals surface area contributed by atoms with E-state index >= 15 is 0 Å². The number of H-pyrrole nitrogens is 1. The van der Waals surface area contributed by atoms with Crippen LogP contribution < -0.4 is 5.32 Å². The van der Waals surface area contributed by atoms with Crippen LogP contribution in [-0.4, -0.2) is 17.4 Å². The Morgan fingerprint density at radius 1 is 1.36 bits per heavy atom. The Hall–Kier alpha value is -2.75. The van der Waals surface area contributed by atoms with Crippen molar-refractivity contribution in [3.8, 4) is 0 Å². The molecule has 0 atom stereocenters. The standard InChI is InChI=1S/C18H18N2O2/c1-13-4-6-17-16(11-13)14(12-20-17)8-9-19-18(21)7-5-15-3-2-10-22-15/h2-7,10-12,20H,8-9H2,1H3,(H,19,21)/b7-5+. The molecule has 0 unspecified atom stereocenters. The van der Waals surface area contributed by atoms with Crippen molar-refractivity contribution in [3.05, 3.63) is 65.8 Å². The van der Waals surface area contributed by atoms with E-state index in [9.17, 15) is 4.79 Å². The Kier molecular flexibility index (Phi) is 4.10. The molecule has 0 aliphatic rings. The summed E-state index contributed by atoms with van der Waals surface area (Å²) in [5.74, 6) is 0.551. The lowest BCUT2D eigenvalue weighted by Gasteiger charge is -2.02. The number of rotatable bonds is 5. The number of carbonyl (C=O) groups is 1. The van der Waals surface area contributed by atoms with E-state index < -0.39 is 0 Å². The van der Waals surface area contributed by atoms with E-state index in [1.807, 2.05) is 6.20 Å². The topological polar surface area (TPSA) is 58.0 Å². The van der Waals surface area contributed by atoms with Crippen molar-refractivity contribution in [1.29, 1.82) is 0 Å². The molecule has 1 aromatic carbocycles. The maximum absolute atomic E-state index is 11.7. The van der Waals surface area contributed by atoms with Crippen LogP contribution in [0.3, 0.4) is 0 Å². The smallest absolute Gasteiger partial charge is 0.244 e. The van der Waals surface area contributed by atoms with E-state index in [0.29, 0.717) is 12.3 Å². The fourth-order valence-corrected chi connectivity index (χ4v) is 2.42. The summed E-state index contributed by atoms with van der Waals surface area (Å²) in [6, 6.07) is 9.93. The summed E-state index contributed by atoms with van der Waals surface area (Å²) < 4.78 is 5.14. The summed E-state index contributed by atoms with van der Waals surface area (Å²) in [4.78, 5) is 15.0. The highest BCUT2D eigenvalue weighted by Gasteiger charge is 2.04. The molecule has 0 spiro atoms. The molecule has 0 fully saturated rings. The Balaban J connectivity index is 1.56. The minimum atomic E-state index is -0.118. The molecule has 0 saturated carbocycles. The molecule has 3 rings (SSSR count). The van der Waals surface area contributed by atoms with Gasteiger partial charge >= 0.3 is 0 Å². The first-order valence-electron chi connectivity index (χ1n) is 7.28. The molecular formula is C18H18N2O2. The Bertz CT molecular complexity index is 798. The maximum Gasteiger partial charge on any atom is 0.244 e. The second kappa shape index (κ2) is 6.35. The van der Waals surface area contributed by atoms with Gasteiger partial charge in [0.15, 0.2) is 0 Å². The van der Waals surface area contributed by atoms with Gasteiger partial charge in [-0.1, -0.05) is 11.6 Å². The van der Waals surface area contributed by atoms with E-state index in [4.69, 9.17) is 4.42 Å². The summed E-state index contributed by atoms with van der Waals surface area (Å²) in [6.07, 6.45) is 7.53. The lowest BCUT2D eigenvalue weighted by molar-refractivity contribution is -0.116. The van der Waals surface area contributed by atoms with Crippen LogP contribution in [0.2, 0.25) is 0 Å². The van der Waals surface area contributed by atoms with Gasteiger partial charge in [-0.15, -0.1) is 0 Å². The molecule has 0 radical (unpaired) electrons. The van der Waals surface area contributed by atoms with Gasteiger partial charge in [-0.25, -0.2) is 0 Å². The van der Waals surface area contributed by atoms with E-state index in [0.717, 1.165) is 11.9 Å². The van der Waals surface area contributed by atoms with Gasteiger partial charge in [-0.2, -0.15) is 0 Å². The van der Waals surface area contributed by atoms with Crippen molar-refractivity contribution in [3.63, 3.8) is 0 Å². The summed E-state index contributed by atoms with van der Waals surface area (Å²) in [5, 5.41) is 4.10. The molecule has 112 valence electrons. The Morgan fingerprint density at radius 2 is 2.27 bits per heavy atom. The van der Waals surface area contributed by atoms with Crippen molar-refractivity contribution >= 4 is 22.9 Å². The van der Waals surface area contributed by atoms with Crippen molar-refractivity contribution in [1.82, 2.24) is 10.3 Å². The average molecular weight is 294 g/mol. The second-order valence-electron chi connectivity index (χ2n) is 5.25. The predicted molar refractivity (Wildman–Crippen MR) is 87.5 cm³/mol. The molecule has 1 amide bonds. The van der Waals surface area contributed by atoms with Gasteiger partial charge in [0.1, 0.15) is 5.76 Å². The molecule has 0 bridgehead atoms. The van der Waals surface area contributed by atoms with E-state index in [2.05, 4.69) is 35.4 Å². The third kappa shape index (κ3) is 3.28. The number of carbonyl (C=O) groups excluding carboxylic acids is 1. The lowest BCUT2D eigenvalue weighted by atomic mass is 10.1. The van der Waals surface area contributed by atoms with Crippen molar-refractivity contribution in [2.24, 2.45) is 0 Å². The summed E-state index contributed by atoms with van der Waals surface area (Å²) in [5.41, 5.74) is 3.58. The molecule has 2 aromatic heterocycles. The number of benzene rings is 1. The summed E-state index contributed by atoms with van der Waals surface area (Å²) in [6.45, 7) is 2.68. The predicted octanol–water partition coefficient (Wildman–Crippen LogP) is 3.44. The molecule has 0 aliphatic heterocycles. The van der Waals surface area contributed by atoms with E-state index in [-0.39, 0.29) is 5.91 Å². The molecular weight excluding hydrogens is 276 g/mol. The number of fused-ring (bicyclic) bond motifs is 1. The molecule has 2 heterocycles. The summed E-state index contributed by atoms with van der Waals surface area (Å²) >= 11 is 0. The van der Waals surface area contributed by atoms with Crippen LogP contribution in [0, 0.1) is 6.92 Å². The van der Waals surface area contributed by atoms with Gasteiger partial charge in [-0.05, 0) is 49.2 Å². The van der Waals surface area contributed by atoms with Gasteiger partial charge in [0.05, 0.1) is 6.26 Å². The zero-order valence-corrected chi connectivity index (χ0v) is 12.4. The highest BCUT2D eigenvalue weighted by Crippen LogP contribution is 2.19. The van der Waals surface area contributed by atoms with Crippen LogP contribution in [0.15, 0.2) is 53.3 Å². The van der Waals surface area contributed by atoms with Crippen molar-refractivity contribution in [2.75, 3.05) is 6.54 Å². The monoisotopic (exact) mass is 294 g/mol. The molecule has 2 N–H and O–H groups in total. The normalized spacial score (nSPS) is 11.3. The van der Waals surface area contributed by atoms with Gasteiger partial charge in [0.2, 0.25) is 5.91 Å². The second-order valence-corrected chi connectivity index (χ2v) is 5.25. The molecule has 3 aromatic rings. The first-order chi connectivity index (χ1) is 10.7. The minimum absolute atomic E-state index is 0.118. The number of hydrogen-bond acceptors (Lipinski definition) is 2. The minimum Gasteiger partial charge on any atom is -0.465 e. The molecule has 4 heteroatoms. The van der Waals surface area contributed by atoms with E-state index in [1.165, 1.54) is 22.6 Å². The van der Waals surface area contributed by atoms with Crippen LogP contribution >= 0.6 is 0 Å². The molecule has 22 heavy (non-hydrogen) atoms. The number of furan rings is 1. The van der Waals surface area contributed by atoms with Crippen LogP contribution in [-0.2, 0) is 11.2 Å².